The van der Waals surface area contributed by atoms with Gasteiger partial charge < -0.3 is 15.7 Å². The number of carbonyl (C=O) groups excluding carboxylic acids is 3. The van der Waals surface area contributed by atoms with Crippen LogP contribution in [0.15, 0.2) is 30.3 Å². The van der Waals surface area contributed by atoms with Gasteiger partial charge in [-0.05, 0) is 23.8 Å². The number of aliphatic hydroxyl groups excluding tert-OH is 1. The second-order valence-electron chi connectivity index (χ2n) is 7.84. The van der Waals surface area contributed by atoms with Crippen LogP contribution < -0.4 is 16.1 Å². The van der Waals surface area contributed by atoms with Crippen LogP contribution in [0.2, 0.25) is 0 Å². The minimum absolute atomic E-state index is 0.146. The largest absolute Gasteiger partial charge is 0.390 e. The van der Waals surface area contributed by atoms with Crippen molar-refractivity contribution in [2.75, 3.05) is 0 Å². The molecule has 0 aliphatic carbocycles. The number of hydrogen-bond acceptors (Lipinski definition) is 5. The standard InChI is InChI=1S/C21H33N3O5/c1-13(2)11-17(22-15(5)25)20(27)23-18(19(26)14(3)4)21(28)24-29-12-16-9-7-6-8-10-16/h6-10,13-14,17-19,26H,11-12H2,1-5H3,(H,22,25)(H,23,27)(H,24,28)/t17-,18-,19-/m1/s1. The number of rotatable bonds is 11. The zero-order chi connectivity index (χ0) is 22.0. The Morgan fingerprint density at radius 2 is 1.62 bits per heavy atom. The second kappa shape index (κ2) is 12.2. The number of nitrogens with one attached hydrogen (secondary N) is 3. The molecule has 4 N–H and O–H groups in total. The predicted molar refractivity (Wildman–Crippen MR) is 109 cm³/mol. The Morgan fingerprint density at radius 3 is 2.14 bits per heavy atom. The first kappa shape index (κ1) is 24.6. The fourth-order valence-corrected chi connectivity index (χ4v) is 2.72. The summed E-state index contributed by atoms with van der Waals surface area (Å²) in [6.07, 6.45) is -0.724. The van der Waals surface area contributed by atoms with Gasteiger partial charge >= 0.3 is 0 Å². The lowest BCUT2D eigenvalue weighted by Crippen LogP contribution is -2.58. The average molecular weight is 408 g/mol. The van der Waals surface area contributed by atoms with Crippen LogP contribution in [0.3, 0.4) is 0 Å². The molecule has 0 aliphatic heterocycles. The third kappa shape index (κ3) is 9.06. The van der Waals surface area contributed by atoms with Crippen molar-refractivity contribution in [1.29, 1.82) is 0 Å². The maximum atomic E-state index is 12.7. The summed E-state index contributed by atoms with van der Waals surface area (Å²) in [6, 6.07) is 7.24. The molecule has 0 fully saturated rings. The van der Waals surface area contributed by atoms with E-state index >= 15 is 0 Å². The number of amides is 3. The highest BCUT2D eigenvalue weighted by Gasteiger charge is 2.33. The Hall–Kier alpha value is -2.45. The van der Waals surface area contributed by atoms with Crippen LogP contribution in [0.5, 0.6) is 0 Å². The van der Waals surface area contributed by atoms with Gasteiger partial charge in [0, 0.05) is 6.92 Å². The fraction of sp³-hybridized carbons (Fsp3) is 0.571. The van der Waals surface area contributed by atoms with Gasteiger partial charge in [0.15, 0.2) is 0 Å². The highest BCUT2D eigenvalue weighted by atomic mass is 16.7. The molecule has 0 bridgehead atoms. The van der Waals surface area contributed by atoms with E-state index < -0.39 is 30.0 Å². The van der Waals surface area contributed by atoms with Crippen molar-refractivity contribution in [1.82, 2.24) is 16.1 Å². The van der Waals surface area contributed by atoms with E-state index in [0.29, 0.717) is 6.42 Å². The number of hydrogen-bond donors (Lipinski definition) is 4. The molecule has 0 heterocycles. The highest BCUT2D eigenvalue weighted by Crippen LogP contribution is 2.10. The molecule has 0 aliphatic rings. The Labute approximate surface area is 172 Å². The van der Waals surface area contributed by atoms with Gasteiger partial charge in [-0.15, -0.1) is 0 Å². The van der Waals surface area contributed by atoms with Gasteiger partial charge in [0.05, 0.1) is 12.7 Å². The van der Waals surface area contributed by atoms with E-state index in [1.807, 2.05) is 44.2 Å². The van der Waals surface area contributed by atoms with Gasteiger partial charge in [-0.2, -0.15) is 0 Å². The zero-order valence-electron chi connectivity index (χ0n) is 17.8. The molecule has 0 saturated carbocycles. The van der Waals surface area contributed by atoms with Crippen LogP contribution in [0.4, 0.5) is 0 Å². The molecule has 8 heteroatoms. The molecule has 8 nitrogen and oxygen atoms in total. The third-order valence-corrected chi connectivity index (χ3v) is 4.26. The zero-order valence-corrected chi connectivity index (χ0v) is 17.8. The summed E-state index contributed by atoms with van der Waals surface area (Å²) in [5, 5.41) is 15.6. The SMILES string of the molecule is CC(=O)N[C@H](CC(C)C)C(=O)N[C@@H](C(=O)NOCc1ccccc1)[C@H](O)C(C)C. The molecule has 1 aromatic carbocycles. The molecule has 29 heavy (non-hydrogen) atoms. The summed E-state index contributed by atoms with van der Waals surface area (Å²) in [6.45, 7) is 8.79. The van der Waals surface area contributed by atoms with Crippen LogP contribution in [0.25, 0.3) is 0 Å². The summed E-state index contributed by atoms with van der Waals surface area (Å²) in [7, 11) is 0. The monoisotopic (exact) mass is 407 g/mol. The topological polar surface area (TPSA) is 117 Å². The number of aliphatic hydroxyl groups is 1. The quantitative estimate of drug-likeness (QED) is 0.413. The van der Waals surface area contributed by atoms with Crippen molar-refractivity contribution >= 4 is 17.7 Å². The molecule has 0 unspecified atom stereocenters. The average Bonchev–Trinajstić information content (AvgIpc) is 2.64. The number of carbonyl (C=O) groups is 3. The summed E-state index contributed by atoms with van der Waals surface area (Å²) >= 11 is 0. The summed E-state index contributed by atoms with van der Waals surface area (Å²) < 4.78 is 0. The fourth-order valence-electron chi connectivity index (χ4n) is 2.72. The van der Waals surface area contributed by atoms with Crippen LogP contribution in [-0.4, -0.2) is 41.0 Å². The summed E-state index contributed by atoms with van der Waals surface area (Å²) in [5.41, 5.74) is 3.15. The molecule has 162 valence electrons. The first-order valence-corrected chi connectivity index (χ1v) is 9.82. The van der Waals surface area contributed by atoms with Crippen molar-refractivity contribution in [3.05, 3.63) is 35.9 Å². The first-order chi connectivity index (χ1) is 13.6. The van der Waals surface area contributed by atoms with E-state index in [1.54, 1.807) is 13.8 Å². The van der Waals surface area contributed by atoms with Crippen molar-refractivity contribution in [3.63, 3.8) is 0 Å². The van der Waals surface area contributed by atoms with E-state index in [2.05, 4.69) is 16.1 Å². The smallest absolute Gasteiger partial charge is 0.268 e. The predicted octanol–water partition coefficient (Wildman–Crippen LogP) is 1.29. The van der Waals surface area contributed by atoms with E-state index in [0.717, 1.165) is 5.56 Å². The highest BCUT2D eigenvalue weighted by molar-refractivity contribution is 5.91. The van der Waals surface area contributed by atoms with Gasteiger partial charge in [-0.25, -0.2) is 5.48 Å². The van der Waals surface area contributed by atoms with Crippen LogP contribution in [0.1, 0.15) is 46.6 Å². The van der Waals surface area contributed by atoms with Crippen LogP contribution >= 0.6 is 0 Å². The Morgan fingerprint density at radius 1 is 1.00 bits per heavy atom. The lowest BCUT2D eigenvalue weighted by Gasteiger charge is -2.28. The molecule has 3 atom stereocenters. The second-order valence-corrected chi connectivity index (χ2v) is 7.84. The molecule has 0 radical (unpaired) electrons. The van der Waals surface area contributed by atoms with Gasteiger partial charge in [-0.1, -0.05) is 58.0 Å². The van der Waals surface area contributed by atoms with Gasteiger partial charge in [0.2, 0.25) is 11.8 Å². The van der Waals surface area contributed by atoms with Crippen LogP contribution in [0, 0.1) is 11.8 Å². The van der Waals surface area contributed by atoms with E-state index in [4.69, 9.17) is 4.84 Å². The van der Waals surface area contributed by atoms with Crippen molar-refractivity contribution in [3.8, 4) is 0 Å². The van der Waals surface area contributed by atoms with Gasteiger partial charge in [0.25, 0.3) is 5.91 Å². The lowest BCUT2D eigenvalue weighted by atomic mass is 9.97. The van der Waals surface area contributed by atoms with Gasteiger partial charge in [-0.3, -0.25) is 19.2 Å². The van der Waals surface area contributed by atoms with E-state index in [9.17, 15) is 19.5 Å². The number of benzene rings is 1. The van der Waals surface area contributed by atoms with E-state index in [-0.39, 0.29) is 24.3 Å². The Kier molecular flexibility index (Phi) is 10.3. The van der Waals surface area contributed by atoms with E-state index in [1.165, 1.54) is 6.92 Å². The minimum Gasteiger partial charge on any atom is -0.390 e. The molecule has 0 aromatic heterocycles. The van der Waals surface area contributed by atoms with Crippen molar-refractivity contribution in [2.24, 2.45) is 11.8 Å². The number of hydroxylamine groups is 1. The third-order valence-electron chi connectivity index (χ3n) is 4.26. The molecule has 3 amide bonds. The Balaban J connectivity index is 2.80. The lowest BCUT2D eigenvalue weighted by molar-refractivity contribution is -0.143. The summed E-state index contributed by atoms with van der Waals surface area (Å²) in [4.78, 5) is 41.9. The molecule has 1 rings (SSSR count). The van der Waals surface area contributed by atoms with Crippen molar-refractivity contribution in [2.45, 2.75) is 65.8 Å². The molecular formula is C21H33N3O5. The maximum Gasteiger partial charge on any atom is 0.268 e. The van der Waals surface area contributed by atoms with Crippen LogP contribution in [-0.2, 0) is 25.8 Å². The summed E-state index contributed by atoms with van der Waals surface area (Å²) in [5.74, 6) is -1.68. The van der Waals surface area contributed by atoms with Crippen molar-refractivity contribution < 1.29 is 24.3 Å². The van der Waals surface area contributed by atoms with Gasteiger partial charge in [0.1, 0.15) is 12.1 Å². The Bertz CT molecular complexity index is 664. The normalized spacial score (nSPS) is 14.2. The molecule has 1 aromatic rings. The maximum absolute atomic E-state index is 12.7. The molecule has 0 saturated heterocycles. The molecule has 0 spiro atoms. The minimum atomic E-state index is -1.22. The molecular weight excluding hydrogens is 374 g/mol. The first-order valence-electron chi connectivity index (χ1n) is 9.82.